The summed E-state index contributed by atoms with van der Waals surface area (Å²) < 4.78 is 23.4. The lowest BCUT2D eigenvalue weighted by molar-refractivity contribution is -0.870. The number of carbonyl (C=O) groups excluding carboxylic acids is 1. The van der Waals surface area contributed by atoms with Crippen LogP contribution in [0.25, 0.3) is 0 Å². The summed E-state index contributed by atoms with van der Waals surface area (Å²) in [5.41, 5.74) is 0. The number of phosphoric ester groups is 1. The number of likely N-dealkylation sites (N-methyl/N-ethyl adjacent to an activating group) is 1. The van der Waals surface area contributed by atoms with E-state index in [1.807, 2.05) is 27.2 Å². The topological polar surface area (TPSA) is 108 Å². The number of amides is 1. The number of hydrogen-bond donors (Lipinski definition) is 2. The Morgan fingerprint density at radius 1 is 0.415 bits per heavy atom. The van der Waals surface area contributed by atoms with Gasteiger partial charge in [0.05, 0.1) is 39.9 Å². The number of aliphatic hydroxyl groups excluding tert-OH is 1. The van der Waals surface area contributed by atoms with Crippen LogP contribution in [0, 0.1) is 0 Å². The van der Waals surface area contributed by atoms with Crippen LogP contribution in [0.3, 0.4) is 0 Å². The number of quaternary nitrogens is 1. The largest absolute Gasteiger partial charge is 0.756 e. The molecule has 0 bridgehead atoms. The fourth-order valence-corrected chi connectivity index (χ4v) is 11.9. The summed E-state index contributed by atoms with van der Waals surface area (Å²) >= 11 is 0. The van der Waals surface area contributed by atoms with Gasteiger partial charge in [-0.25, -0.2) is 0 Å². The smallest absolute Gasteiger partial charge is 0.268 e. The number of allylic oxidation sites excluding steroid dienone is 5. The summed E-state index contributed by atoms with van der Waals surface area (Å²) in [6.07, 6.45) is 85.9. The summed E-state index contributed by atoms with van der Waals surface area (Å²) in [6.45, 7) is 4.68. The highest BCUT2D eigenvalue weighted by Crippen LogP contribution is 2.38. The van der Waals surface area contributed by atoms with Crippen molar-refractivity contribution in [1.29, 1.82) is 0 Å². The molecule has 0 aromatic heterocycles. The van der Waals surface area contributed by atoms with Gasteiger partial charge in [0.2, 0.25) is 5.91 Å². The average Bonchev–Trinajstić information content (AvgIpc) is 3.47. The zero-order chi connectivity index (χ0) is 59.8. The van der Waals surface area contributed by atoms with Crippen LogP contribution < -0.4 is 10.2 Å². The molecule has 0 fully saturated rings. The molecule has 486 valence electrons. The summed E-state index contributed by atoms with van der Waals surface area (Å²) in [4.78, 5) is 25.6. The number of phosphoric acid groups is 1. The number of rotatable bonds is 68. The molecule has 0 aliphatic carbocycles. The van der Waals surface area contributed by atoms with Gasteiger partial charge in [-0.15, -0.1) is 0 Å². The molecule has 9 heteroatoms. The van der Waals surface area contributed by atoms with E-state index in [0.717, 1.165) is 38.5 Å². The van der Waals surface area contributed by atoms with E-state index in [-0.39, 0.29) is 19.1 Å². The van der Waals surface area contributed by atoms with Crippen molar-refractivity contribution in [2.45, 2.75) is 386 Å². The Morgan fingerprint density at radius 3 is 0.988 bits per heavy atom. The highest BCUT2D eigenvalue weighted by atomic mass is 31.2. The molecule has 3 atom stereocenters. The summed E-state index contributed by atoms with van der Waals surface area (Å²) in [6, 6.07) is -0.902. The van der Waals surface area contributed by atoms with Gasteiger partial charge in [0.25, 0.3) is 7.82 Å². The molecular weight excluding hydrogens is 1030 g/mol. The maximum absolute atomic E-state index is 13.0. The lowest BCUT2D eigenvalue weighted by Crippen LogP contribution is -2.45. The Bertz CT molecular complexity index is 1430. The minimum absolute atomic E-state index is 0.00414. The first kappa shape index (κ1) is 80.7. The fraction of sp³-hybridized carbons (Fsp3) is 0.904. The molecule has 0 radical (unpaired) electrons. The molecule has 3 unspecified atom stereocenters. The van der Waals surface area contributed by atoms with Crippen LogP contribution in [0.2, 0.25) is 0 Å². The van der Waals surface area contributed by atoms with E-state index >= 15 is 0 Å². The van der Waals surface area contributed by atoms with Gasteiger partial charge in [0, 0.05) is 6.42 Å². The van der Waals surface area contributed by atoms with Gasteiger partial charge < -0.3 is 28.8 Å². The summed E-state index contributed by atoms with van der Waals surface area (Å²) in [5.74, 6) is -0.199. The lowest BCUT2D eigenvalue weighted by atomic mass is 10.0. The molecule has 8 nitrogen and oxygen atoms in total. The summed E-state index contributed by atoms with van der Waals surface area (Å²) in [5, 5.41) is 13.9. The Labute approximate surface area is 512 Å². The molecule has 0 saturated heterocycles. The van der Waals surface area contributed by atoms with E-state index in [4.69, 9.17) is 9.05 Å². The highest BCUT2D eigenvalue weighted by molar-refractivity contribution is 7.45. The van der Waals surface area contributed by atoms with Gasteiger partial charge in [-0.3, -0.25) is 9.36 Å². The third kappa shape index (κ3) is 66.2. The van der Waals surface area contributed by atoms with Gasteiger partial charge in [-0.2, -0.15) is 0 Å². The van der Waals surface area contributed by atoms with Crippen molar-refractivity contribution in [3.05, 3.63) is 36.5 Å². The first-order valence-electron chi connectivity index (χ1n) is 36.4. The van der Waals surface area contributed by atoms with Gasteiger partial charge in [0.1, 0.15) is 13.2 Å². The normalized spacial score (nSPS) is 13.8. The van der Waals surface area contributed by atoms with Gasteiger partial charge in [-0.05, 0) is 57.8 Å². The van der Waals surface area contributed by atoms with Crippen LogP contribution >= 0.6 is 7.82 Å². The lowest BCUT2D eigenvalue weighted by Gasteiger charge is -2.29. The van der Waals surface area contributed by atoms with Crippen molar-refractivity contribution in [2.75, 3.05) is 40.9 Å². The molecule has 0 rings (SSSR count). The Kier molecular flexibility index (Phi) is 63.2. The quantitative estimate of drug-likeness (QED) is 0.0272. The number of carbonyl (C=O) groups is 1. The second-order valence-electron chi connectivity index (χ2n) is 26.3. The van der Waals surface area contributed by atoms with Crippen molar-refractivity contribution in [3.8, 4) is 0 Å². The molecule has 82 heavy (non-hydrogen) atoms. The molecule has 2 N–H and O–H groups in total. The molecule has 0 saturated carbocycles. The Hall–Kier alpha value is -1.28. The van der Waals surface area contributed by atoms with Gasteiger partial charge >= 0.3 is 0 Å². The predicted octanol–water partition coefficient (Wildman–Crippen LogP) is 22.6. The predicted molar refractivity (Wildman–Crippen MR) is 358 cm³/mol. The zero-order valence-electron chi connectivity index (χ0n) is 55.7. The minimum atomic E-state index is -4.61. The van der Waals surface area contributed by atoms with E-state index in [1.165, 1.54) is 315 Å². The van der Waals surface area contributed by atoms with E-state index in [2.05, 4.69) is 43.5 Å². The highest BCUT2D eigenvalue weighted by Gasteiger charge is 2.23. The minimum Gasteiger partial charge on any atom is -0.756 e. The molecular formula is C73H143N2O6P. The van der Waals surface area contributed by atoms with Crippen molar-refractivity contribution in [3.63, 3.8) is 0 Å². The van der Waals surface area contributed by atoms with Crippen LogP contribution in [-0.4, -0.2) is 68.5 Å². The number of nitrogens with one attached hydrogen (secondary N) is 1. The van der Waals surface area contributed by atoms with Crippen LogP contribution in [0.4, 0.5) is 0 Å². The molecule has 0 aliphatic heterocycles. The molecule has 0 spiro atoms. The first-order valence-corrected chi connectivity index (χ1v) is 37.8. The van der Waals surface area contributed by atoms with E-state index in [9.17, 15) is 19.4 Å². The maximum Gasteiger partial charge on any atom is 0.268 e. The van der Waals surface area contributed by atoms with Crippen molar-refractivity contribution < 1.29 is 32.9 Å². The van der Waals surface area contributed by atoms with E-state index < -0.39 is 20.0 Å². The molecule has 0 aromatic carbocycles. The van der Waals surface area contributed by atoms with Crippen LogP contribution in [-0.2, 0) is 18.4 Å². The molecule has 0 heterocycles. The van der Waals surface area contributed by atoms with Crippen molar-refractivity contribution in [2.24, 2.45) is 0 Å². The SMILES string of the molecule is CCCCCCCCCC/C=C\CCCCCCCCCCCCCCCCCCCCCCCCCCCCCCCC(=O)NC(COP(=O)([O-])OCC[N+](C)(C)C)C(O)/C=C/CC/C=C/CCCCCCCCCCCCCCC. The number of aliphatic hydroxyl groups is 1. The standard InChI is InChI=1S/C73H143N2O6P/c1-6-8-10-12-14-16-18-20-22-24-26-27-28-29-30-31-32-33-34-35-36-37-38-39-40-41-42-43-44-45-46-47-49-51-53-55-57-59-61-63-65-67-73(77)74-71(70-81-82(78,79)80-69-68-75(3,4)5)72(76)66-64-62-60-58-56-54-52-50-48-25-23-21-19-17-15-13-11-9-7-2/h24,26,56,58,64,66,71-72,76H,6-23,25,27-55,57,59-63,65,67-70H2,1-5H3,(H-,74,77,78,79)/b26-24-,58-56+,66-64+. The van der Waals surface area contributed by atoms with Crippen molar-refractivity contribution >= 4 is 13.7 Å². The monoisotopic (exact) mass is 1180 g/mol. The fourth-order valence-electron chi connectivity index (χ4n) is 11.2. The zero-order valence-corrected chi connectivity index (χ0v) is 56.6. The second kappa shape index (κ2) is 64.2. The third-order valence-electron chi connectivity index (χ3n) is 16.8. The molecule has 0 aliphatic rings. The van der Waals surface area contributed by atoms with Crippen LogP contribution in [0.15, 0.2) is 36.5 Å². The summed E-state index contributed by atoms with van der Waals surface area (Å²) in [7, 11) is 1.26. The number of unbranched alkanes of at least 4 members (excludes halogenated alkanes) is 51. The molecule has 1 amide bonds. The van der Waals surface area contributed by atoms with Gasteiger partial charge in [-0.1, -0.05) is 346 Å². The Balaban J connectivity index is 3.89. The number of nitrogens with zero attached hydrogens (tertiary/aromatic N) is 1. The first-order chi connectivity index (χ1) is 40.0. The van der Waals surface area contributed by atoms with Crippen molar-refractivity contribution in [1.82, 2.24) is 5.32 Å². The maximum atomic E-state index is 13.0. The number of hydrogen-bond acceptors (Lipinski definition) is 6. The van der Waals surface area contributed by atoms with E-state index in [1.54, 1.807) is 6.08 Å². The van der Waals surface area contributed by atoms with Crippen LogP contribution in [0.5, 0.6) is 0 Å². The van der Waals surface area contributed by atoms with Gasteiger partial charge in [0.15, 0.2) is 0 Å². The van der Waals surface area contributed by atoms with Crippen LogP contribution in [0.1, 0.15) is 373 Å². The van der Waals surface area contributed by atoms with E-state index in [0.29, 0.717) is 17.4 Å². The third-order valence-corrected chi connectivity index (χ3v) is 17.8. The average molecular weight is 1180 g/mol. The molecule has 0 aromatic rings. The second-order valence-corrected chi connectivity index (χ2v) is 27.7. The Morgan fingerprint density at radius 2 is 0.683 bits per heavy atom.